The summed E-state index contributed by atoms with van der Waals surface area (Å²) in [6.45, 7) is 1.21. The molecule has 0 radical (unpaired) electrons. The average molecular weight is 203 g/mol. The molecule has 1 aromatic rings. The van der Waals surface area contributed by atoms with Gasteiger partial charge in [-0.05, 0) is 49.1 Å². The molecule has 0 N–H and O–H groups in total. The maximum Gasteiger partial charge on any atom is 0.119 e. The topological polar surface area (TPSA) is 12.5 Å². The molecule has 2 aliphatic rings. The molecule has 1 heterocycles. The van der Waals surface area contributed by atoms with Gasteiger partial charge in [0.15, 0.2) is 0 Å². The second-order valence-electron chi connectivity index (χ2n) is 4.79. The predicted octanol–water partition coefficient (Wildman–Crippen LogP) is 2.04. The van der Waals surface area contributed by atoms with Crippen LogP contribution in [0.15, 0.2) is 18.2 Å². The second-order valence-corrected chi connectivity index (χ2v) is 4.79. The highest BCUT2D eigenvalue weighted by Crippen LogP contribution is 2.40. The summed E-state index contributed by atoms with van der Waals surface area (Å²) in [6.07, 6.45) is 2.54. The minimum atomic E-state index is 0.735. The highest BCUT2D eigenvalue weighted by molar-refractivity contribution is 5.41. The van der Waals surface area contributed by atoms with Crippen molar-refractivity contribution in [1.82, 2.24) is 4.90 Å². The van der Waals surface area contributed by atoms with Gasteiger partial charge in [-0.25, -0.2) is 0 Å². The van der Waals surface area contributed by atoms with Gasteiger partial charge in [-0.15, -0.1) is 0 Å². The molecule has 2 nitrogen and oxygen atoms in total. The van der Waals surface area contributed by atoms with E-state index < -0.39 is 0 Å². The Hall–Kier alpha value is -1.02. The van der Waals surface area contributed by atoms with Gasteiger partial charge in [0.25, 0.3) is 0 Å². The van der Waals surface area contributed by atoms with Crippen molar-refractivity contribution in [3.63, 3.8) is 0 Å². The zero-order chi connectivity index (χ0) is 10.4. The second kappa shape index (κ2) is 3.24. The number of rotatable bonds is 1. The summed E-state index contributed by atoms with van der Waals surface area (Å²) in [4.78, 5) is 2.50. The standard InChI is InChI=1S/C13H17NO/c1-14-8-10-6-11(14)5-9-3-4-12(15-2)7-13(9)10/h3-4,7,10-11H,5-6,8H2,1-2H3. The number of nitrogens with zero attached hydrogens (tertiary/aromatic N) is 1. The molecule has 0 saturated carbocycles. The van der Waals surface area contributed by atoms with Crippen LogP contribution in [-0.2, 0) is 6.42 Å². The van der Waals surface area contributed by atoms with Crippen LogP contribution in [0, 0.1) is 0 Å². The number of likely N-dealkylation sites (N-methyl/N-ethyl adjacent to an activating group) is 1. The molecule has 0 aromatic heterocycles. The van der Waals surface area contributed by atoms with Gasteiger partial charge in [0.05, 0.1) is 7.11 Å². The van der Waals surface area contributed by atoms with Crippen molar-refractivity contribution >= 4 is 0 Å². The van der Waals surface area contributed by atoms with E-state index in [0.29, 0.717) is 0 Å². The maximum atomic E-state index is 5.30. The largest absolute Gasteiger partial charge is 0.497 e. The first-order valence-corrected chi connectivity index (χ1v) is 5.65. The average Bonchev–Trinajstić information content (AvgIpc) is 2.56. The van der Waals surface area contributed by atoms with E-state index in [1.54, 1.807) is 7.11 Å². The first-order valence-electron chi connectivity index (χ1n) is 5.65. The fraction of sp³-hybridized carbons (Fsp3) is 0.538. The number of ether oxygens (including phenoxy) is 1. The van der Waals surface area contributed by atoms with Crippen molar-refractivity contribution in [2.45, 2.75) is 24.8 Å². The molecule has 2 bridgehead atoms. The van der Waals surface area contributed by atoms with Gasteiger partial charge in [-0.1, -0.05) is 6.07 Å². The minimum Gasteiger partial charge on any atom is -0.497 e. The van der Waals surface area contributed by atoms with Gasteiger partial charge in [0.1, 0.15) is 5.75 Å². The molecule has 0 amide bonds. The molecule has 80 valence electrons. The summed E-state index contributed by atoms with van der Waals surface area (Å²) in [5.41, 5.74) is 3.05. The van der Waals surface area contributed by atoms with E-state index in [0.717, 1.165) is 17.7 Å². The van der Waals surface area contributed by atoms with Crippen molar-refractivity contribution < 1.29 is 4.74 Å². The Morgan fingerprint density at radius 3 is 3.07 bits per heavy atom. The van der Waals surface area contributed by atoms with Crippen LogP contribution in [0.5, 0.6) is 5.75 Å². The summed E-state index contributed by atoms with van der Waals surface area (Å²) in [5.74, 6) is 1.74. The van der Waals surface area contributed by atoms with E-state index in [9.17, 15) is 0 Å². The third-order valence-electron chi connectivity index (χ3n) is 3.94. The maximum absolute atomic E-state index is 5.30. The van der Waals surface area contributed by atoms with Crippen LogP contribution in [-0.4, -0.2) is 31.6 Å². The van der Waals surface area contributed by atoms with Crippen LogP contribution in [0.4, 0.5) is 0 Å². The fourth-order valence-electron chi connectivity index (χ4n) is 3.06. The summed E-state index contributed by atoms with van der Waals surface area (Å²) in [7, 11) is 3.99. The molecule has 1 aliphatic carbocycles. The van der Waals surface area contributed by atoms with Crippen molar-refractivity contribution in [3.05, 3.63) is 29.3 Å². The molecule has 1 saturated heterocycles. The van der Waals surface area contributed by atoms with Gasteiger partial charge >= 0.3 is 0 Å². The summed E-state index contributed by atoms with van der Waals surface area (Å²) in [5, 5.41) is 0. The summed E-state index contributed by atoms with van der Waals surface area (Å²) in [6, 6.07) is 7.33. The van der Waals surface area contributed by atoms with Gasteiger partial charge in [-0.3, -0.25) is 0 Å². The van der Waals surface area contributed by atoms with Crippen molar-refractivity contribution in [1.29, 1.82) is 0 Å². The van der Waals surface area contributed by atoms with Crippen LogP contribution in [0.25, 0.3) is 0 Å². The van der Waals surface area contributed by atoms with Gasteiger partial charge in [0.2, 0.25) is 0 Å². The van der Waals surface area contributed by atoms with Crippen LogP contribution in [0.1, 0.15) is 23.5 Å². The Morgan fingerprint density at radius 1 is 1.40 bits per heavy atom. The molecule has 2 heteroatoms. The van der Waals surface area contributed by atoms with E-state index >= 15 is 0 Å². The normalized spacial score (nSPS) is 28.9. The van der Waals surface area contributed by atoms with Crippen molar-refractivity contribution in [2.24, 2.45) is 0 Å². The number of hydrogen-bond donors (Lipinski definition) is 0. The highest BCUT2D eigenvalue weighted by Gasteiger charge is 2.36. The van der Waals surface area contributed by atoms with Gasteiger partial charge in [-0.2, -0.15) is 0 Å². The SMILES string of the molecule is COc1ccc2c(c1)C1CC(C2)N(C)C1. The third kappa shape index (κ3) is 1.36. The lowest BCUT2D eigenvalue weighted by atomic mass is 9.83. The monoisotopic (exact) mass is 203 g/mol. The van der Waals surface area contributed by atoms with Gasteiger partial charge < -0.3 is 9.64 Å². The smallest absolute Gasteiger partial charge is 0.119 e. The van der Waals surface area contributed by atoms with Crippen LogP contribution < -0.4 is 4.74 Å². The number of methoxy groups -OCH3 is 1. The quantitative estimate of drug-likeness (QED) is 0.692. The van der Waals surface area contributed by atoms with E-state index in [1.807, 2.05) is 0 Å². The Kier molecular flexibility index (Phi) is 1.99. The summed E-state index contributed by atoms with van der Waals surface area (Å²) < 4.78 is 5.30. The van der Waals surface area contributed by atoms with Crippen LogP contribution in [0.3, 0.4) is 0 Å². The molecular weight excluding hydrogens is 186 g/mol. The Morgan fingerprint density at radius 2 is 2.27 bits per heavy atom. The third-order valence-corrected chi connectivity index (χ3v) is 3.94. The molecule has 2 atom stereocenters. The minimum absolute atomic E-state index is 0.735. The fourth-order valence-corrected chi connectivity index (χ4v) is 3.06. The van der Waals surface area contributed by atoms with Gasteiger partial charge in [0, 0.05) is 12.6 Å². The first-order chi connectivity index (χ1) is 7.28. The molecule has 1 fully saturated rings. The van der Waals surface area contributed by atoms with Crippen molar-refractivity contribution in [2.75, 3.05) is 20.7 Å². The first kappa shape index (κ1) is 9.22. The van der Waals surface area contributed by atoms with E-state index in [2.05, 4.69) is 30.1 Å². The zero-order valence-corrected chi connectivity index (χ0v) is 9.36. The molecule has 0 spiro atoms. The molecule has 1 aromatic carbocycles. The lowest BCUT2D eigenvalue weighted by molar-refractivity contribution is 0.311. The summed E-state index contributed by atoms with van der Waals surface area (Å²) >= 11 is 0. The molecule has 2 unspecified atom stereocenters. The van der Waals surface area contributed by atoms with Crippen LogP contribution in [0.2, 0.25) is 0 Å². The number of benzene rings is 1. The predicted molar refractivity (Wildman–Crippen MR) is 60.5 cm³/mol. The Bertz CT molecular complexity index is 386. The lowest BCUT2D eigenvalue weighted by Crippen LogP contribution is -2.26. The molecular formula is C13H17NO. The van der Waals surface area contributed by atoms with Crippen LogP contribution >= 0.6 is 0 Å². The lowest BCUT2D eigenvalue weighted by Gasteiger charge is -2.23. The van der Waals surface area contributed by atoms with Crippen molar-refractivity contribution in [3.8, 4) is 5.75 Å². The Balaban J connectivity index is 2.03. The number of likely N-dealkylation sites (tertiary alicyclic amines) is 1. The zero-order valence-electron chi connectivity index (χ0n) is 9.36. The van der Waals surface area contributed by atoms with E-state index in [-0.39, 0.29) is 0 Å². The molecule has 3 rings (SSSR count). The number of fused-ring (bicyclic) bond motifs is 4. The molecule has 15 heavy (non-hydrogen) atoms. The van der Waals surface area contributed by atoms with E-state index in [4.69, 9.17) is 4.74 Å². The van der Waals surface area contributed by atoms with E-state index in [1.165, 1.54) is 30.5 Å². The highest BCUT2D eigenvalue weighted by atomic mass is 16.5. The number of hydrogen-bond acceptors (Lipinski definition) is 2. The Labute approximate surface area is 90.8 Å². The molecule has 1 aliphatic heterocycles.